The maximum absolute atomic E-state index is 14.1. The van der Waals surface area contributed by atoms with Crippen molar-refractivity contribution in [2.24, 2.45) is 11.7 Å². The quantitative estimate of drug-likeness (QED) is 0.823. The van der Waals surface area contributed by atoms with Crippen LogP contribution in [0.3, 0.4) is 0 Å². The van der Waals surface area contributed by atoms with Crippen LogP contribution in [0, 0.1) is 17.6 Å². The number of phenols is 1. The second kappa shape index (κ2) is 5.11. The van der Waals surface area contributed by atoms with Crippen LogP contribution in [0.1, 0.15) is 18.0 Å². The van der Waals surface area contributed by atoms with Crippen LogP contribution in [0.25, 0.3) is 0 Å². The number of hydrogen-bond donors (Lipinski definition) is 2. The molecular formula is C12H15BrF2N2O. The van der Waals surface area contributed by atoms with E-state index in [0.717, 1.165) is 12.6 Å². The van der Waals surface area contributed by atoms with Crippen LogP contribution in [-0.2, 0) is 0 Å². The maximum atomic E-state index is 14.1. The molecule has 3 nitrogen and oxygen atoms in total. The van der Waals surface area contributed by atoms with Crippen molar-refractivity contribution in [3.05, 3.63) is 27.7 Å². The molecule has 1 saturated heterocycles. The van der Waals surface area contributed by atoms with Crippen LogP contribution in [0.5, 0.6) is 5.75 Å². The van der Waals surface area contributed by atoms with E-state index in [4.69, 9.17) is 5.73 Å². The number of hydrogen-bond acceptors (Lipinski definition) is 3. The molecule has 2 atom stereocenters. The fourth-order valence-corrected chi connectivity index (χ4v) is 2.84. The first-order chi connectivity index (χ1) is 8.45. The highest BCUT2D eigenvalue weighted by Crippen LogP contribution is 2.40. The minimum Gasteiger partial charge on any atom is -0.507 e. The Bertz CT molecular complexity index is 470. The molecule has 0 aliphatic carbocycles. The smallest absolute Gasteiger partial charge is 0.148 e. The summed E-state index contributed by atoms with van der Waals surface area (Å²) < 4.78 is 27.8. The number of phenolic OH excluding ortho intramolecular Hbond substituents is 1. The van der Waals surface area contributed by atoms with E-state index >= 15 is 0 Å². The summed E-state index contributed by atoms with van der Waals surface area (Å²) in [6, 6.07) is 0.599. The van der Waals surface area contributed by atoms with Gasteiger partial charge in [0, 0.05) is 24.2 Å². The Labute approximate surface area is 113 Å². The molecule has 1 heterocycles. The van der Waals surface area contributed by atoms with Gasteiger partial charge in [0.25, 0.3) is 0 Å². The summed E-state index contributed by atoms with van der Waals surface area (Å²) in [6.07, 6.45) is 0.623. The van der Waals surface area contributed by atoms with Gasteiger partial charge in [-0.3, -0.25) is 4.90 Å². The molecular weight excluding hydrogens is 306 g/mol. The molecule has 0 amide bonds. The SMILES string of the molecule is CN1CC(CN)CC1c1c(F)cc(O)c(Br)c1F. The molecule has 0 radical (unpaired) electrons. The Morgan fingerprint density at radius 3 is 2.78 bits per heavy atom. The van der Waals surface area contributed by atoms with Crippen molar-refractivity contribution in [3.8, 4) is 5.75 Å². The highest BCUT2D eigenvalue weighted by atomic mass is 79.9. The summed E-state index contributed by atoms with van der Waals surface area (Å²) in [5.74, 6) is -1.64. The Morgan fingerprint density at radius 1 is 1.56 bits per heavy atom. The van der Waals surface area contributed by atoms with Crippen LogP contribution in [0.4, 0.5) is 8.78 Å². The van der Waals surface area contributed by atoms with Crippen molar-refractivity contribution >= 4 is 15.9 Å². The zero-order valence-corrected chi connectivity index (χ0v) is 11.5. The van der Waals surface area contributed by atoms with E-state index in [9.17, 15) is 13.9 Å². The summed E-state index contributed by atoms with van der Waals surface area (Å²) in [7, 11) is 1.82. The third-order valence-electron chi connectivity index (χ3n) is 3.48. The van der Waals surface area contributed by atoms with Crippen LogP contribution in [0.15, 0.2) is 10.5 Å². The average molecular weight is 321 g/mol. The monoisotopic (exact) mass is 320 g/mol. The van der Waals surface area contributed by atoms with E-state index in [1.807, 2.05) is 11.9 Å². The Kier molecular flexibility index (Phi) is 3.89. The van der Waals surface area contributed by atoms with Gasteiger partial charge in [-0.2, -0.15) is 0 Å². The van der Waals surface area contributed by atoms with E-state index in [0.29, 0.717) is 13.0 Å². The van der Waals surface area contributed by atoms with Gasteiger partial charge in [-0.1, -0.05) is 0 Å². The van der Waals surface area contributed by atoms with Crippen LogP contribution >= 0.6 is 15.9 Å². The number of halogens is 3. The van der Waals surface area contributed by atoms with E-state index in [1.54, 1.807) is 0 Å². The molecule has 1 aromatic rings. The third-order valence-corrected chi connectivity index (χ3v) is 4.23. The van der Waals surface area contributed by atoms with Gasteiger partial charge in [-0.05, 0) is 41.9 Å². The van der Waals surface area contributed by atoms with E-state index < -0.39 is 17.4 Å². The number of rotatable bonds is 2. The van der Waals surface area contributed by atoms with E-state index in [-0.39, 0.29) is 22.0 Å². The topological polar surface area (TPSA) is 49.5 Å². The Balaban J connectivity index is 2.43. The molecule has 100 valence electrons. The number of likely N-dealkylation sites (tertiary alicyclic amines) is 1. The van der Waals surface area contributed by atoms with Gasteiger partial charge >= 0.3 is 0 Å². The molecule has 1 aliphatic rings. The number of benzene rings is 1. The molecule has 1 aromatic carbocycles. The highest BCUT2D eigenvalue weighted by Gasteiger charge is 2.34. The van der Waals surface area contributed by atoms with Crippen molar-refractivity contribution in [1.82, 2.24) is 4.90 Å². The highest BCUT2D eigenvalue weighted by molar-refractivity contribution is 9.10. The fourth-order valence-electron chi connectivity index (χ4n) is 2.52. The molecule has 1 aliphatic heterocycles. The molecule has 0 spiro atoms. The minimum atomic E-state index is -0.734. The minimum absolute atomic E-state index is 0.00174. The van der Waals surface area contributed by atoms with Gasteiger partial charge in [-0.15, -0.1) is 0 Å². The predicted octanol–water partition coefficient (Wildman–Crippen LogP) is 2.38. The first-order valence-corrected chi connectivity index (χ1v) is 6.51. The molecule has 0 saturated carbocycles. The number of nitrogens with zero attached hydrogens (tertiary/aromatic N) is 1. The average Bonchev–Trinajstić information content (AvgIpc) is 2.68. The largest absolute Gasteiger partial charge is 0.507 e. The lowest BCUT2D eigenvalue weighted by molar-refractivity contribution is 0.297. The number of aromatic hydroxyl groups is 1. The fraction of sp³-hybridized carbons (Fsp3) is 0.500. The molecule has 0 aromatic heterocycles. The van der Waals surface area contributed by atoms with Gasteiger partial charge < -0.3 is 10.8 Å². The normalized spacial score (nSPS) is 24.7. The van der Waals surface area contributed by atoms with Gasteiger partial charge in [0.15, 0.2) is 0 Å². The lowest BCUT2D eigenvalue weighted by Gasteiger charge is -2.21. The van der Waals surface area contributed by atoms with Crippen LogP contribution in [0.2, 0.25) is 0 Å². The lowest BCUT2D eigenvalue weighted by Crippen LogP contribution is -2.21. The molecule has 0 bridgehead atoms. The van der Waals surface area contributed by atoms with Crippen molar-refractivity contribution < 1.29 is 13.9 Å². The summed E-state index contributed by atoms with van der Waals surface area (Å²) in [6.45, 7) is 1.22. The van der Waals surface area contributed by atoms with Gasteiger partial charge in [-0.25, -0.2) is 8.78 Å². The summed E-state index contributed by atoms with van der Waals surface area (Å²) in [5.41, 5.74) is 5.60. The maximum Gasteiger partial charge on any atom is 0.148 e. The second-order valence-corrected chi connectivity index (χ2v) is 5.50. The zero-order chi connectivity index (χ0) is 13.4. The van der Waals surface area contributed by atoms with E-state index in [2.05, 4.69) is 15.9 Å². The van der Waals surface area contributed by atoms with Crippen molar-refractivity contribution in [1.29, 1.82) is 0 Å². The molecule has 18 heavy (non-hydrogen) atoms. The summed E-state index contributed by atoms with van der Waals surface area (Å²) in [4.78, 5) is 1.89. The predicted molar refractivity (Wildman–Crippen MR) is 68.3 cm³/mol. The first kappa shape index (κ1) is 13.7. The first-order valence-electron chi connectivity index (χ1n) is 5.72. The van der Waals surface area contributed by atoms with Gasteiger partial charge in [0.05, 0.1) is 4.47 Å². The number of nitrogens with two attached hydrogens (primary N) is 1. The molecule has 6 heteroatoms. The molecule has 1 fully saturated rings. The van der Waals surface area contributed by atoms with Gasteiger partial charge in [0.2, 0.25) is 0 Å². The van der Waals surface area contributed by atoms with E-state index in [1.165, 1.54) is 0 Å². The van der Waals surface area contributed by atoms with Gasteiger partial charge in [0.1, 0.15) is 17.4 Å². The Morgan fingerprint density at radius 2 is 2.22 bits per heavy atom. The van der Waals surface area contributed by atoms with Crippen LogP contribution < -0.4 is 5.73 Å². The van der Waals surface area contributed by atoms with Crippen molar-refractivity contribution in [3.63, 3.8) is 0 Å². The standard InChI is InChI=1S/C12H15BrF2N2O/c1-17-5-6(4-16)2-8(17)10-7(14)3-9(18)11(13)12(10)15/h3,6,8,18H,2,4-5,16H2,1H3. The summed E-state index contributed by atoms with van der Waals surface area (Å²) >= 11 is 2.93. The lowest BCUT2D eigenvalue weighted by atomic mass is 9.99. The summed E-state index contributed by atoms with van der Waals surface area (Å²) in [5, 5.41) is 9.35. The molecule has 2 rings (SSSR count). The third kappa shape index (κ3) is 2.24. The zero-order valence-electron chi connectivity index (χ0n) is 9.96. The molecule has 2 unspecified atom stereocenters. The molecule has 3 N–H and O–H groups in total. The van der Waals surface area contributed by atoms with Crippen LogP contribution in [-0.4, -0.2) is 30.1 Å². The van der Waals surface area contributed by atoms with Crippen molar-refractivity contribution in [2.45, 2.75) is 12.5 Å². The Hall–Kier alpha value is -0.720. The second-order valence-electron chi connectivity index (χ2n) is 4.71. The van der Waals surface area contributed by atoms with Crippen molar-refractivity contribution in [2.75, 3.05) is 20.1 Å².